The van der Waals surface area contributed by atoms with E-state index in [0.717, 1.165) is 12.8 Å². The molecular weight excluding hydrogens is 146 g/mol. The van der Waals surface area contributed by atoms with Gasteiger partial charge in [-0.3, -0.25) is 0 Å². The number of nitrogens with one attached hydrogen (secondary N) is 1. The molecule has 0 saturated carbocycles. The summed E-state index contributed by atoms with van der Waals surface area (Å²) >= 11 is 0. The first-order valence-corrected chi connectivity index (χ1v) is 3.81. The van der Waals surface area contributed by atoms with Crippen LogP contribution in [-0.4, -0.2) is 29.0 Å². The van der Waals surface area contributed by atoms with Crippen LogP contribution in [0.15, 0.2) is 0 Å². The quantitative estimate of drug-likeness (QED) is 0.558. The zero-order chi connectivity index (χ0) is 8.69. The predicted molar refractivity (Wildman–Crippen MR) is 41.6 cm³/mol. The lowest BCUT2D eigenvalue weighted by atomic mass is 10.1. The highest BCUT2D eigenvalue weighted by atomic mass is 16.4. The maximum atomic E-state index is 10.1. The number of rotatable bonds is 5. The van der Waals surface area contributed by atoms with Crippen LogP contribution in [0.25, 0.3) is 0 Å². The molecule has 3 N–H and O–H groups in total. The van der Waals surface area contributed by atoms with Gasteiger partial charge in [-0.05, 0) is 6.42 Å². The minimum absolute atomic E-state index is 0.119. The van der Waals surface area contributed by atoms with Gasteiger partial charge in [0.1, 0.15) is 0 Å². The van der Waals surface area contributed by atoms with Gasteiger partial charge in [0, 0.05) is 0 Å². The normalized spacial score (nSPS) is 12.5. The van der Waals surface area contributed by atoms with Gasteiger partial charge in [0.25, 0.3) is 0 Å². The second-order valence-electron chi connectivity index (χ2n) is 2.47. The molecule has 0 aliphatic rings. The van der Waals surface area contributed by atoms with E-state index in [2.05, 4.69) is 5.32 Å². The average molecular weight is 161 g/mol. The van der Waals surface area contributed by atoms with Crippen LogP contribution in [0.2, 0.25) is 0 Å². The van der Waals surface area contributed by atoms with Crippen LogP contribution in [0.1, 0.15) is 26.2 Å². The van der Waals surface area contributed by atoms with Crippen molar-refractivity contribution in [2.75, 3.05) is 6.61 Å². The van der Waals surface area contributed by atoms with Gasteiger partial charge in [0.05, 0.1) is 12.6 Å². The van der Waals surface area contributed by atoms with Gasteiger partial charge in [0.15, 0.2) is 0 Å². The Labute approximate surface area is 66.2 Å². The van der Waals surface area contributed by atoms with Gasteiger partial charge in [-0.1, -0.05) is 19.8 Å². The number of carboxylic acid groups (broad SMARTS) is 1. The lowest BCUT2D eigenvalue weighted by molar-refractivity contribution is 0.175. The molecule has 0 aliphatic heterocycles. The topological polar surface area (TPSA) is 69.6 Å². The molecule has 1 amide bonds. The number of hydrogen-bond donors (Lipinski definition) is 3. The van der Waals surface area contributed by atoms with Crippen molar-refractivity contribution in [3.05, 3.63) is 0 Å². The molecule has 0 radical (unpaired) electrons. The number of amides is 1. The number of aliphatic hydroxyl groups is 1. The molecule has 0 aromatic rings. The first-order chi connectivity index (χ1) is 5.20. The number of carbonyl (C=O) groups is 1. The maximum absolute atomic E-state index is 10.1. The Morgan fingerprint density at radius 1 is 1.64 bits per heavy atom. The first kappa shape index (κ1) is 10.2. The Hall–Kier alpha value is -0.770. The summed E-state index contributed by atoms with van der Waals surface area (Å²) in [4.78, 5) is 10.1. The minimum atomic E-state index is -1.07. The van der Waals surface area contributed by atoms with Crippen LogP contribution in [0.3, 0.4) is 0 Å². The van der Waals surface area contributed by atoms with Gasteiger partial charge in [-0.2, -0.15) is 0 Å². The summed E-state index contributed by atoms with van der Waals surface area (Å²) in [6, 6.07) is -0.299. The summed E-state index contributed by atoms with van der Waals surface area (Å²) in [5.41, 5.74) is 0. The Morgan fingerprint density at radius 3 is 2.64 bits per heavy atom. The third-order valence-corrected chi connectivity index (χ3v) is 1.45. The third-order valence-electron chi connectivity index (χ3n) is 1.45. The SMILES string of the molecule is CCCCC(CO)NC(=O)O. The molecule has 0 saturated heterocycles. The molecule has 0 aliphatic carbocycles. The number of hydrogen-bond acceptors (Lipinski definition) is 2. The lowest BCUT2D eigenvalue weighted by Crippen LogP contribution is -2.36. The second kappa shape index (κ2) is 5.97. The largest absolute Gasteiger partial charge is 0.465 e. The molecular formula is C7H15NO3. The van der Waals surface area contributed by atoms with Crippen molar-refractivity contribution in [3.63, 3.8) is 0 Å². The molecule has 1 unspecified atom stereocenters. The maximum Gasteiger partial charge on any atom is 0.404 e. The fourth-order valence-corrected chi connectivity index (χ4v) is 0.834. The van der Waals surface area contributed by atoms with Gasteiger partial charge >= 0.3 is 6.09 Å². The van der Waals surface area contributed by atoms with Crippen LogP contribution in [-0.2, 0) is 0 Å². The molecule has 0 aromatic heterocycles. The molecule has 66 valence electrons. The van der Waals surface area contributed by atoms with E-state index in [-0.39, 0.29) is 12.6 Å². The van der Waals surface area contributed by atoms with Crippen molar-refractivity contribution in [2.45, 2.75) is 32.2 Å². The zero-order valence-electron chi connectivity index (χ0n) is 6.71. The Balaban J connectivity index is 3.49. The smallest absolute Gasteiger partial charge is 0.404 e. The molecule has 0 fully saturated rings. The van der Waals surface area contributed by atoms with Crippen LogP contribution < -0.4 is 5.32 Å². The number of aliphatic hydroxyl groups excluding tert-OH is 1. The summed E-state index contributed by atoms with van der Waals surface area (Å²) in [5, 5.41) is 19.2. The molecule has 11 heavy (non-hydrogen) atoms. The molecule has 0 heterocycles. The molecule has 1 atom stereocenters. The number of unbranched alkanes of at least 4 members (excludes halogenated alkanes) is 1. The van der Waals surface area contributed by atoms with Crippen LogP contribution in [0.5, 0.6) is 0 Å². The van der Waals surface area contributed by atoms with Gasteiger partial charge in [0.2, 0.25) is 0 Å². The van der Waals surface area contributed by atoms with E-state index >= 15 is 0 Å². The molecule has 0 bridgehead atoms. The fourth-order valence-electron chi connectivity index (χ4n) is 0.834. The molecule has 4 nitrogen and oxygen atoms in total. The van der Waals surface area contributed by atoms with Crippen molar-refractivity contribution in [2.24, 2.45) is 0 Å². The standard InChI is InChI=1S/C7H15NO3/c1-2-3-4-6(5-9)8-7(10)11/h6,8-9H,2-5H2,1H3,(H,10,11). The van der Waals surface area contributed by atoms with Crippen molar-refractivity contribution in [3.8, 4) is 0 Å². The Bertz CT molecular complexity index is 116. The monoisotopic (exact) mass is 161 g/mol. The van der Waals surface area contributed by atoms with Crippen molar-refractivity contribution in [1.29, 1.82) is 0 Å². The van der Waals surface area contributed by atoms with E-state index in [1.807, 2.05) is 6.92 Å². The van der Waals surface area contributed by atoms with Crippen molar-refractivity contribution in [1.82, 2.24) is 5.32 Å². The molecule has 0 spiro atoms. The van der Waals surface area contributed by atoms with Crippen LogP contribution in [0.4, 0.5) is 4.79 Å². The van der Waals surface area contributed by atoms with Crippen molar-refractivity contribution < 1.29 is 15.0 Å². The van der Waals surface area contributed by atoms with Gasteiger partial charge < -0.3 is 15.5 Å². The van der Waals surface area contributed by atoms with E-state index in [0.29, 0.717) is 6.42 Å². The first-order valence-electron chi connectivity index (χ1n) is 3.81. The summed E-state index contributed by atoms with van der Waals surface area (Å²) < 4.78 is 0. The van der Waals surface area contributed by atoms with Crippen LogP contribution in [0, 0.1) is 0 Å². The Kier molecular flexibility index (Phi) is 5.56. The highest BCUT2D eigenvalue weighted by molar-refractivity contribution is 5.64. The molecule has 0 rings (SSSR count). The van der Waals surface area contributed by atoms with Crippen LogP contribution >= 0.6 is 0 Å². The fraction of sp³-hybridized carbons (Fsp3) is 0.857. The third kappa shape index (κ3) is 5.66. The van der Waals surface area contributed by atoms with E-state index in [1.165, 1.54) is 0 Å². The molecule has 0 aromatic carbocycles. The Morgan fingerprint density at radius 2 is 2.27 bits per heavy atom. The van der Waals surface area contributed by atoms with Crippen molar-refractivity contribution >= 4 is 6.09 Å². The second-order valence-corrected chi connectivity index (χ2v) is 2.47. The lowest BCUT2D eigenvalue weighted by Gasteiger charge is -2.12. The van der Waals surface area contributed by atoms with E-state index in [9.17, 15) is 4.79 Å². The summed E-state index contributed by atoms with van der Waals surface area (Å²) in [7, 11) is 0. The summed E-state index contributed by atoms with van der Waals surface area (Å²) in [6.07, 6.45) is 1.59. The summed E-state index contributed by atoms with van der Waals surface area (Å²) in [5.74, 6) is 0. The van der Waals surface area contributed by atoms with E-state index in [1.54, 1.807) is 0 Å². The minimum Gasteiger partial charge on any atom is -0.465 e. The highest BCUT2D eigenvalue weighted by Gasteiger charge is 2.08. The zero-order valence-corrected chi connectivity index (χ0v) is 6.71. The van der Waals surface area contributed by atoms with Gasteiger partial charge in [-0.15, -0.1) is 0 Å². The van der Waals surface area contributed by atoms with Gasteiger partial charge in [-0.25, -0.2) is 4.79 Å². The summed E-state index contributed by atoms with van der Waals surface area (Å²) in [6.45, 7) is 1.90. The van der Waals surface area contributed by atoms with E-state index < -0.39 is 6.09 Å². The molecule has 4 heteroatoms. The predicted octanol–water partition coefficient (Wildman–Crippen LogP) is 0.805. The average Bonchev–Trinajstić information content (AvgIpc) is 1.97. The highest BCUT2D eigenvalue weighted by Crippen LogP contribution is 1.99. The van der Waals surface area contributed by atoms with E-state index in [4.69, 9.17) is 10.2 Å².